The molecule has 1 aliphatic rings. The number of methoxy groups -OCH3 is 1. The van der Waals surface area contributed by atoms with E-state index in [1.807, 2.05) is 32.0 Å². The van der Waals surface area contributed by atoms with Crippen LogP contribution in [0.4, 0.5) is 5.69 Å². The Kier molecular flexibility index (Phi) is 7.25. The second kappa shape index (κ2) is 9.42. The van der Waals surface area contributed by atoms with Crippen LogP contribution in [0.5, 0.6) is 5.75 Å². The van der Waals surface area contributed by atoms with Crippen LogP contribution in [-0.4, -0.2) is 50.1 Å². The van der Waals surface area contributed by atoms with Gasteiger partial charge >= 0.3 is 5.97 Å². The van der Waals surface area contributed by atoms with E-state index in [0.29, 0.717) is 37.6 Å². The van der Waals surface area contributed by atoms with Gasteiger partial charge in [-0.2, -0.15) is 0 Å². The number of esters is 1. The van der Waals surface area contributed by atoms with E-state index < -0.39 is 0 Å². The quantitative estimate of drug-likeness (QED) is 0.767. The van der Waals surface area contributed by atoms with E-state index in [1.165, 1.54) is 0 Å². The number of nitrogens with one attached hydrogen (secondary N) is 1. The van der Waals surface area contributed by atoms with Gasteiger partial charge in [-0.25, -0.2) is 0 Å². The first kappa shape index (κ1) is 19.2. The summed E-state index contributed by atoms with van der Waals surface area (Å²) in [5, 5.41) is 2.91. The maximum Gasteiger partial charge on any atom is 0.310 e. The van der Waals surface area contributed by atoms with Crippen molar-refractivity contribution in [3.63, 3.8) is 0 Å². The molecule has 1 saturated heterocycles. The molecule has 6 heteroatoms. The monoisotopic (exact) mass is 348 g/mol. The number of hydrogen-bond donors (Lipinski definition) is 1. The Labute approximate surface area is 149 Å². The molecule has 0 radical (unpaired) electrons. The Bertz CT molecular complexity index is 603. The minimum absolute atomic E-state index is 0.0536. The third kappa shape index (κ3) is 5.74. The standard InChI is InChI=1S/C19H28N2O4/c1-4-25-19(23)15-6-5-10-21(13-15)11-9-18(22)20-16-12-14(2)7-8-17(16)24-3/h7-8,12,15H,4-6,9-11,13H2,1-3H3,(H,20,22). The molecule has 1 fully saturated rings. The van der Waals surface area contributed by atoms with Crippen LogP contribution in [0, 0.1) is 12.8 Å². The zero-order valence-electron chi connectivity index (χ0n) is 15.3. The first-order valence-electron chi connectivity index (χ1n) is 8.87. The van der Waals surface area contributed by atoms with Gasteiger partial charge in [0.05, 0.1) is 25.3 Å². The molecule has 0 saturated carbocycles. The van der Waals surface area contributed by atoms with E-state index in [4.69, 9.17) is 9.47 Å². The minimum atomic E-state index is -0.124. The van der Waals surface area contributed by atoms with Gasteiger partial charge in [0.15, 0.2) is 0 Å². The highest BCUT2D eigenvalue weighted by Crippen LogP contribution is 2.25. The number of nitrogens with zero attached hydrogens (tertiary/aromatic N) is 1. The minimum Gasteiger partial charge on any atom is -0.495 e. The summed E-state index contributed by atoms with van der Waals surface area (Å²) in [6.07, 6.45) is 2.20. The number of amides is 1. The largest absolute Gasteiger partial charge is 0.495 e. The van der Waals surface area contributed by atoms with Crippen LogP contribution in [0.1, 0.15) is 31.7 Å². The van der Waals surface area contributed by atoms with Crippen LogP contribution in [0.3, 0.4) is 0 Å². The Morgan fingerprint density at radius 1 is 1.36 bits per heavy atom. The van der Waals surface area contributed by atoms with Crippen molar-refractivity contribution in [1.82, 2.24) is 4.90 Å². The van der Waals surface area contributed by atoms with Crippen molar-refractivity contribution in [1.29, 1.82) is 0 Å². The Morgan fingerprint density at radius 2 is 2.16 bits per heavy atom. The molecule has 2 rings (SSSR count). The predicted octanol–water partition coefficient (Wildman–Crippen LogP) is 2.61. The lowest BCUT2D eigenvalue weighted by atomic mass is 9.98. The van der Waals surface area contributed by atoms with Crippen molar-refractivity contribution in [2.75, 3.05) is 38.7 Å². The molecule has 0 aliphatic carbocycles. The van der Waals surface area contributed by atoms with Gasteiger partial charge in [-0.1, -0.05) is 6.07 Å². The van der Waals surface area contributed by atoms with Crippen LogP contribution >= 0.6 is 0 Å². The summed E-state index contributed by atoms with van der Waals surface area (Å²) in [4.78, 5) is 26.3. The number of aryl methyl sites for hydroxylation is 1. The lowest BCUT2D eigenvalue weighted by Crippen LogP contribution is -2.40. The number of ether oxygens (including phenoxy) is 2. The number of benzene rings is 1. The molecule has 6 nitrogen and oxygen atoms in total. The third-order valence-corrected chi connectivity index (χ3v) is 4.41. The smallest absolute Gasteiger partial charge is 0.310 e. The molecule has 1 aromatic carbocycles. The molecule has 138 valence electrons. The van der Waals surface area contributed by atoms with Crippen molar-refractivity contribution < 1.29 is 19.1 Å². The maximum atomic E-state index is 12.3. The van der Waals surface area contributed by atoms with E-state index in [9.17, 15) is 9.59 Å². The molecule has 1 atom stereocenters. The Hall–Kier alpha value is -2.08. The number of anilines is 1. The molecule has 1 aliphatic heterocycles. The van der Waals surface area contributed by atoms with E-state index in [-0.39, 0.29) is 17.8 Å². The van der Waals surface area contributed by atoms with Gasteiger partial charge < -0.3 is 19.7 Å². The highest BCUT2D eigenvalue weighted by molar-refractivity contribution is 5.92. The van der Waals surface area contributed by atoms with Gasteiger partial charge in [-0.15, -0.1) is 0 Å². The fourth-order valence-corrected chi connectivity index (χ4v) is 3.10. The first-order valence-corrected chi connectivity index (χ1v) is 8.87. The molecule has 1 aromatic rings. The lowest BCUT2D eigenvalue weighted by Gasteiger charge is -2.31. The average molecular weight is 348 g/mol. The Morgan fingerprint density at radius 3 is 2.88 bits per heavy atom. The first-order chi connectivity index (χ1) is 12.0. The number of carbonyl (C=O) groups excluding carboxylic acids is 2. The van der Waals surface area contributed by atoms with E-state index in [0.717, 1.165) is 24.9 Å². The predicted molar refractivity (Wildman–Crippen MR) is 96.8 cm³/mol. The highest BCUT2D eigenvalue weighted by atomic mass is 16.5. The number of piperidine rings is 1. The van der Waals surface area contributed by atoms with Crippen LogP contribution in [0.25, 0.3) is 0 Å². The fraction of sp³-hybridized carbons (Fsp3) is 0.579. The fourth-order valence-electron chi connectivity index (χ4n) is 3.10. The molecule has 1 amide bonds. The summed E-state index contributed by atoms with van der Waals surface area (Å²) < 4.78 is 10.4. The molecule has 25 heavy (non-hydrogen) atoms. The van der Waals surface area contributed by atoms with Crippen LogP contribution in [0.2, 0.25) is 0 Å². The number of carbonyl (C=O) groups is 2. The number of likely N-dealkylation sites (tertiary alicyclic amines) is 1. The second-order valence-electron chi connectivity index (χ2n) is 6.39. The lowest BCUT2D eigenvalue weighted by molar-refractivity contribution is -0.149. The Balaban J connectivity index is 1.83. The van der Waals surface area contributed by atoms with Gasteiger partial charge in [0, 0.05) is 19.5 Å². The van der Waals surface area contributed by atoms with Crippen molar-refractivity contribution in [3.8, 4) is 5.75 Å². The molecule has 0 aromatic heterocycles. The molecule has 0 bridgehead atoms. The summed E-state index contributed by atoms with van der Waals surface area (Å²) in [6.45, 7) is 6.42. The van der Waals surface area contributed by atoms with Crippen LogP contribution in [0.15, 0.2) is 18.2 Å². The average Bonchev–Trinajstić information content (AvgIpc) is 2.61. The molecule has 0 spiro atoms. The van der Waals surface area contributed by atoms with Crippen molar-refractivity contribution in [3.05, 3.63) is 23.8 Å². The second-order valence-corrected chi connectivity index (χ2v) is 6.39. The summed E-state index contributed by atoms with van der Waals surface area (Å²) in [5.74, 6) is 0.399. The molecule has 1 N–H and O–H groups in total. The van der Waals surface area contributed by atoms with Gasteiger partial charge in [0.2, 0.25) is 5.91 Å². The van der Waals surface area contributed by atoms with Gasteiger partial charge in [0.25, 0.3) is 0 Å². The number of hydrogen-bond acceptors (Lipinski definition) is 5. The summed E-state index contributed by atoms with van der Waals surface area (Å²) in [6, 6.07) is 5.69. The number of rotatable bonds is 7. The van der Waals surface area contributed by atoms with E-state index >= 15 is 0 Å². The zero-order valence-corrected chi connectivity index (χ0v) is 15.3. The summed E-state index contributed by atoms with van der Waals surface area (Å²) >= 11 is 0. The molecule has 1 unspecified atom stereocenters. The van der Waals surface area contributed by atoms with E-state index in [1.54, 1.807) is 7.11 Å². The van der Waals surface area contributed by atoms with Gasteiger partial charge in [-0.3, -0.25) is 9.59 Å². The van der Waals surface area contributed by atoms with Crippen molar-refractivity contribution in [2.24, 2.45) is 5.92 Å². The highest BCUT2D eigenvalue weighted by Gasteiger charge is 2.26. The van der Waals surface area contributed by atoms with E-state index in [2.05, 4.69) is 10.2 Å². The van der Waals surface area contributed by atoms with Crippen molar-refractivity contribution >= 4 is 17.6 Å². The molecular weight excluding hydrogens is 320 g/mol. The molecular formula is C19H28N2O4. The summed E-state index contributed by atoms with van der Waals surface area (Å²) in [7, 11) is 1.59. The van der Waals surface area contributed by atoms with Gasteiger partial charge in [-0.05, 0) is 50.9 Å². The zero-order chi connectivity index (χ0) is 18.2. The van der Waals surface area contributed by atoms with Crippen LogP contribution < -0.4 is 10.1 Å². The van der Waals surface area contributed by atoms with Crippen LogP contribution in [-0.2, 0) is 14.3 Å². The molecule has 1 heterocycles. The maximum absolute atomic E-state index is 12.3. The topological polar surface area (TPSA) is 67.9 Å². The SMILES string of the molecule is CCOC(=O)C1CCCN(CCC(=O)Nc2cc(C)ccc2OC)C1. The van der Waals surface area contributed by atoms with Crippen molar-refractivity contribution in [2.45, 2.75) is 33.1 Å². The third-order valence-electron chi connectivity index (χ3n) is 4.41. The normalized spacial score (nSPS) is 17.8. The summed E-state index contributed by atoms with van der Waals surface area (Å²) in [5.41, 5.74) is 1.75. The van der Waals surface area contributed by atoms with Gasteiger partial charge in [0.1, 0.15) is 5.75 Å².